The zero-order chi connectivity index (χ0) is 19.0. The van der Waals surface area contributed by atoms with Gasteiger partial charge in [0.15, 0.2) is 0 Å². The van der Waals surface area contributed by atoms with Crippen LogP contribution >= 0.6 is 0 Å². The fourth-order valence-corrected chi connectivity index (χ4v) is 2.94. The summed E-state index contributed by atoms with van der Waals surface area (Å²) >= 11 is 0. The Labute approximate surface area is 150 Å². The van der Waals surface area contributed by atoms with Crippen LogP contribution in [0.2, 0.25) is 0 Å². The summed E-state index contributed by atoms with van der Waals surface area (Å²) in [6.45, 7) is 0.150. The number of carbonyl (C=O) groups is 2. The Morgan fingerprint density at radius 2 is 1.81 bits per heavy atom. The number of carbonyl (C=O) groups excluding carboxylic acids is 2. The van der Waals surface area contributed by atoms with E-state index in [0.29, 0.717) is 5.56 Å². The molecule has 0 bridgehead atoms. The summed E-state index contributed by atoms with van der Waals surface area (Å²) in [6.07, 6.45) is 1.22. The fourth-order valence-electron chi connectivity index (χ4n) is 2.94. The first-order valence-electron chi connectivity index (χ1n) is 8.82. The van der Waals surface area contributed by atoms with E-state index in [1.165, 1.54) is 18.6 Å². The number of hydrogen-bond acceptors (Lipinski definition) is 2. The highest BCUT2D eigenvalue weighted by Crippen LogP contribution is 2.29. The lowest BCUT2D eigenvalue weighted by Gasteiger charge is -2.22. The van der Waals surface area contributed by atoms with E-state index < -0.39 is 17.8 Å². The molecule has 3 N–H and O–H groups in total. The molecule has 0 atom stereocenters. The molecule has 1 saturated carbocycles. The molecule has 5 nitrogen and oxygen atoms in total. The van der Waals surface area contributed by atoms with Gasteiger partial charge in [-0.05, 0) is 30.5 Å². The molecule has 0 spiro atoms. The molecule has 0 saturated heterocycles. The van der Waals surface area contributed by atoms with Crippen molar-refractivity contribution >= 4 is 11.9 Å². The molecule has 1 aliphatic rings. The van der Waals surface area contributed by atoms with E-state index in [4.69, 9.17) is 0 Å². The number of nitrogens with one attached hydrogen (secondary N) is 3. The maximum absolute atomic E-state index is 12.6. The number of alkyl halides is 3. The molecule has 2 rings (SSSR count). The van der Waals surface area contributed by atoms with Crippen LogP contribution in [-0.4, -0.2) is 24.5 Å². The van der Waals surface area contributed by atoms with Crippen LogP contribution in [0.5, 0.6) is 0 Å². The fraction of sp³-hybridized carbons (Fsp3) is 0.556. The average molecular weight is 371 g/mol. The second kappa shape index (κ2) is 9.45. The number of rotatable bonds is 6. The molecule has 26 heavy (non-hydrogen) atoms. The van der Waals surface area contributed by atoms with Crippen molar-refractivity contribution in [3.05, 3.63) is 35.4 Å². The largest absolute Gasteiger partial charge is 0.416 e. The Morgan fingerprint density at radius 3 is 2.50 bits per heavy atom. The summed E-state index contributed by atoms with van der Waals surface area (Å²) in [5.74, 6) is -0.102. The Hall–Kier alpha value is -2.25. The first-order chi connectivity index (χ1) is 12.3. The number of amides is 3. The predicted octanol–water partition coefficient (Wildman–Crippen LogP) is 3.34. The standard InChI is InChI=1S/C18H24F3N3O2/c19-18(20,21)14-6-4-5-13(11-14)12-23-17(26)22-10-9-16(25)24-15-7-2-1-3-8-15/h4-6,11,15H,1-3,7-10,12H2,(H,24,25)(H2,22,23,26). The van der Waals surface area contributed by atoms with E-state index >= 15 is 0 Å². The van der Waals surface area contributed by atoms with Gasteiger partial charge in [0.25, 0.3) is 0 Å². The smallest absolute Gasteiger partial charge is 0.353 e. The molecule has 144 valence electrons. The van der Waals surface area contributed by atoms with Crippen molar-refractivity contribution in [3.8, 4) is 0 Å². The van der Waals surface area contributed by atoms with E-state index in [1.54, 1.807) is 0 Å². The Kier molecular flexibility index (Phi) is 7.29. The monoisotopic (exact) mass is 371 g/mol. The summed E-state index contributed by atoms with van der Waals surface area (Å²) in [5.41, 5.74) is -0.401. The Balaban J connectivity index is 1.65. The van der Waals surface area contributed by atoms with Crippen molar-refractivity contribution in [1.29, 1.82) is 0 Å². The van der Waals surface area contributed by atoms with Crippen molar-refractivity contribution in [3.63, 3.8) is 0 Å². The third-order valence-electron chi connectivity index (χ3n) is 4.32. The minimum atomic E-state index is -4.41. The summed E-state index contributed by atoms with van der Waals surface area (Å²) in [5, 5.41) is 7.97. The highest BCUT2D eigenvalue weighted by atomic mass is 19.4. The van der Waals surface area contributed by atoms with Crippen LogP contribution in [0.25, 0.3) is 0 Å². The number of halogens is 3. The topological polar surface area (TPSA) is 70.2 Å². The normalized spacial score (nSPS) is 15.3. The van der Waals surface area contributed by atoms with Crippen LogP contribution in [0, 0.1) is 0 Å². The van der Waals surface area contributed by atoms with Gasteiger partial charge in [0.2, 0.25) is 5.91 Å². The van der Waals surface area contributed by atoms with Crippen molar-refractivity contribution in [2.45, 2.75) is 57.3 Å². The summed E-state index contributed by atoms with van der Waals surface area (Å²) < 4.78 is 37.9. The zero-order valence-corrected chi connectivity index (χ0v) is 14.5. The first kappa shape index (κ1) is 20.1. The van der Waals surface area contributed by atoms with E-state index in [2.05, 4.69) is 16.0 Å². The van der Waals surface area contributed by atoms with E-state index in [9.17, 15) is 22.8 Å². The van der Waals surface area contributed by atoms with Gasteiger partial charge in [0.1, 0.15) is 0 Å². The Bertz CT molecular complexity index is 614. The molecule has 1 aromatic carbocycles. The molecule has 0 heterocycles. The van der Waals surface area contributed by atoms with Gasteiger partial charge in [-0.15, -0.1) is 0 Å². The lowest BCUT2D eigenvalue weighted by Crippen LogP contribution is -2.40. The van der Waals surface area contributed by atoms with Gasteiger partial charge in [-0.3, -0.25) is 4.79 Å². The molecule has 0 aromatic heterocycles. The van der Waals surface area contributed by atoms with Crippen molar-refractivity contribution in [2.75, 3.05) is 6.54 Å². The minimum absolute atomic E-state index is 0.0238. The minimum Gasteiger partial charge on any atom is -0.353 e. The van der Waals surface area contributed by atoms with Crippen molar-refractivity contribution in [2.24, 2.45) is 0 Å². The van der Waals surface area contributed by atoms with Crippen LogP contribution in [0.3, 0.4) is 0 Å². The number of hydrogen-bond donors (Lipinski definition) is 3. The van der Waals surface area contributed by atoms with Gasteiger partial charge >= 0.3 is 12.2 Å². The molecule has 0 radical (unpaired) electrons. The van der Waals surface area contributed by atoms with Gasteiger partial charge in [-0.2, -0.15) is 13.2 Å². The molecular weight excluding hydrogens is 347 g/mol. The van der Waals surface area contributed by atoms with Gasteiger partial charge in [0, 0.05) is 25.6 Å². The van der Waals surface area contributed by atoms with E-state index in [-0.39, 0.29) is 31.5 Å². The van der Waals surface area contributed by atoms with Crippen molar-refractivity contribution in [1.82, 2.24) is 16.0 Å². The zero-order valence-electron chi connectivity index (χ0n) is 14.5. The first-order valence-corrected chi connectivity index (χ1v) is 8.82. The summed E-state index contributed by atoms with van der Waals surface area (Å²) in [6, 6.07) is 4.49. The van der Waals surface area contributed by atoms with Gasteiger partial charge in [-0.25, -0.2) is 4.79 Å². The molecule has 1 aliphatic carbocycles. The van der Waals surface area contributed by atoms with Crippen molar-refractivity contribution < 1.29 is 22.8 Å². The molecular formula is C18H24F3N3O2. The lowest BCUT2D eigenvalue weighted by atomic mass is 9.95. The molecule has 1 aromatic rings. The van der Waals surface area contributed by atoms with Crippen LogP contribution in [0.4, 0.5) is 18.0 Å². The molecule has 0 aliphatic heterocycles. The number of benzene rings is 1. The number of urea groups is 1. The second-order valence-corrected chi connectivity index (χ2v) is 6.46. The third kappa shape index (κ3) is 6.93. The molecule has 1 fully saturated rings. The van der Waals surface area contributed by atoms with Crippen LogP contribution in [0.1, 0.15) is 49.7 Å². The predicted molar refractivity (Wildman–Crippen MR) is 91.3 cm³/mol. The maximum atomic E-state index is 12.6. The highest BCUT2D eigenvalue weighted by molar-refractivity contribution is 5.78. The highest BCUT2D eigenvalue weighted by Gasteiger charge is 2.30. The van der Waals surface area contributed by atoms with Gasteiger partial charge < -0.3 is 16.0 Å². The molecule has 8 heteroatoms. The van der Waals surface area contributed by atoms with Crippen LogP contribution < -0.4 is 16.0 Å². The third-order valence-corrected chi connectivity index (χ3v) is 4.32. The van der Waals surface area contributed by atoms with Crippen LogP contribution in [0.15, 0.2) is 24.3 Å². The summed E-state index contributed by atoms with van der Waals surface area (Å²) in [4.78, 5) is 23.5. The quantitative estimate of drug-likeness (QED) is 0.718. The maximum Gasteiger partial charge on any atom is 0.416 e. The Morgan fingerprint density at radius 1 is 1.08 bits per heavy atom. The second-order valence-electron chi connectivity index (χ2n) is 6.46. The average Bonchev–Trinajstić information content (AvgIpc) is 2.60. The SMILES string of the molecule is O=C(CCNC(=O)NCc1cccc(C(F)(F)F)c1)NC1CCCCC1. The van der Waals surface area contributed by atoms with E-state index in [0.717, 1.165) is 37.8 Å². The van der Waals surface area contributed by atoms with Gasteiger partial charge in [-0.1, -0.05) is 31.4 Å². The summed E-state index contributed by atoms with van der Waals surface area (Å²) in [7, 11) is 0. The van der Waals surface area contributed by atoms with Crippen LogP contribution in [-0.2, 0) is 17.5 Å². The molecule has 0 unspecified atom stereocenters. The lowest BCUT2D eigenvalue weighted by molar-refractivity contribution is -0.137. The molecule has 3 amide bonds. The van der Waals surface area contributed by atoms with Gasteiger partial charge in [0.05, 0.1) is 5.56 Å². The van der Waals surface area contributed by atoms with E-state index in [1.807, 2.05) is 0 Å².